The summed E-state index contributed by atoms with van der Waals surface area (Å²) >= 11 is 0. The number of benzene rings is 1. The predicted molar refractivity (Wildman–Crippen MR) is 139 cm³/mol. The van der Waals surface area contributed by atoms with Crippen LogP contribution in [-0.2, 0) is 35.2 Å². The van der Waals surface area contributed by atoms with Crippen LogP contribution in [0.5, 0.6) is 0 Å². The van der Waals surface area contributed by atoms with Crippen molar-refractivity contribution in [2.24, 2.45) is 17.4 Å². The van der Waals surface area contributed by atoms with Crippen molar-refractivity contribution in [1.82, 2.24) is 20.9 Å². The number of carbonyl (C=O) groups excluding carboxylic acids is 4. The van der Waals surface area contributed by atoms with Gasteiger partial charge in [-0.3, -0.25) is 24.0 Å². The monoisotopic (exact) mass is 546 g/mol. The molecule has 2 rings (SSSR count). The van der Waals surface area contributed by atoms with E-state index in [2.05, 4.69) is 20.9 Å². The first-order valence-electron chi connectivity index (χ1n) is 12.2. The molecule has 0 saturated heterocycles. The van der Waals surface area contributed by atoms with Gasteiger partial charge in [-0.1, -0.05) is 32.0 Å². The standard InChI is InChI=1S/C25H34N6O8/c1-12(2)7-15(26)22(35)29-18(10-21(33)34)24(37)30-17(23(36)31-19(25(38)39)9-20(27)32)8-13-11-28-16-6-4-3-5-14(13)16/h3-6,11-12,15,17-19,28H,7-10,26H2,1-2H3,(H2,27,32)(H,29,35)(H,30,37)(H,31,36)(H,33,34)(H,38,39). The number of aliphatic carboxylic acids is 2. The summed E-state index contributed by atoms with van der Waals surface area (Å²) in [5.41, 5.74) is 12.3. The van der Waals surface area contributed by atoms with E-state index in [0.29, 0.717) is 5.56 Å². The molecular formula is C25H34N6O8. The van der Waals surface area contributed by atoms with Gasteiger partial charge in [0.15, 0.2) is 0 Å². The van der Waals surface area contributed by atoms with E-state index in [1.807, 2.05) is 13.8 Å². The largest absolute Gasteiger partial charge is 0.481 e. The molecule has 39 heavy (non-hydrogen) atoms. The fourth-order valence-corrected chi connectivity index (χ4v) is 3.95. The Morgan fingerprint density at radius 2 is 1.46 bits per heavy atom. The van der Waals surface area contributed by atoms with Crippen molar-refractivity contribution in [3.8, 4) is 0 Å². The number of amides is 4. The second kappa shape index (κ2) is 13.9. The molecular weight excluding hydrogens is 512 g/mol. The van der Waals surface area contributed by atoms with Crippen LogP contribution in [0.4, 0.5) is 0 Å². The van der Waals surface area contributed by atoms with Gasteiger partial charge in [0.25, 0.3) is 0 Å². The summed E-state index contributed by atoms with van der Waals surface area (Å²) < 4.78 is 0. The minimum Gasteiger partial charge on any atom is -0.481 e. The first kappa shape index (κ1) is 30.8. The van der Waals surface area contributed by atoms with Crippen molar-refractivity contribution in [2.45, 2.75) is 63.7 Å². The lowest BCUT2D eigenvalue weighted by molar-refractivity contribution is -0.144. The number of carbonyl (C=O) groups is 6. The molecule has 4 atom stereocenters. The number of aromatic nitrogens is 1. The third-order valence-corrected chi connectivity index (χ3v) is 5.83. The molecule has 10 N–H and O–H groups in total. The molecule has 0 radical (unpaired) electrons. The highest BCUT2D eigenvalue weighted by molar-refractivity contribution is 5.96. The Balaban J connectivity index is 2.33. The smallest absolute Gasteiger partial charge is 0.326 e. The van der Waals surface area contributed by atoms with Crippen molar-refractivity contribution >= 4 is 46.5 Å². The van der Waals surface area contributed by atoms with Crippen LogP contribution in [0.2, 0.25) is 0 Å². The number of para-hydroxylation sites is 1. The molecule has 4 unspecified atom stereocenters. The maximum absolute atomic E-state index is 13.2. The summed E-state index contributed by atoms with van der Waals surface area (Å²) in [4.78, 5) is 76.1. The molecule has 0 saturated carbocycles. The summed E-state index contributed by atoms with van der Waals surface area (Å²) in [6, 6.07) is 1.47. The Labute approximate surface area is 223 Å². The van der Waals surface area contributed by atoms with Crippen LogP contribution >= 0.6 is 0 Å². The van der Waals surface area contributed by atoms with Gasteiger partial charge in [-0.15, -0.1) is 0 Å². The van der Waals surface area contributed by atoms with Gasteiger partial charge in [-0.25, -0.2) is 4.79 Å². The number of nitrogens with two attached hydrogens (primary N) is 2. The lowest BCUT2D eigenvalue weighted by atomic mass is 10.0. The van der Waals surface area contributed by atoms with E-state index in [0.717, 1.165) is 10.9 Å². The molecule has 14 nitrogen and oxygen atoms in total. The fraction of sp³-hybridized carbons (Fsp3) is 0.440. The number of hydrogen-bond acceptors (Lipinski definition) is 7. The van der Waals surface area contributed by atoms with Crippen LogP contribution in [0.1, 0.15) is 38.7 Å². The molecule has 1 heterocycles. The first-order valence-corrected chi connectivity index (χ1v) is 12.2. The average molecular weight is 547 g/mol. The number of H-pyrrole nitrogens is 1. The Morgan fingerprint density at radius 1 is 0.872 bits per heavy atom. The molecule has 14 heteroatoms. The van der Waals surface area contributed by atoms with Gasteiger partial charge in [-0.05, 0) is 24.0 Å². The lowest BCUT2D eigenvalue weighted by Crippen LogP contribution is -2.58. The fourth-order valence-electron chi connectivity index (χ4n) is 3.95. The highest BCUT2D eigenvalue weighted by Crippen LogP contribution is 2.19. The average Bonchev–Trinajstić information content (AvgIpc) is 3.24. The molecule has 212 valence electrons. The van der Waals surface area contributed by atoms with Crippen LogP contribution in [-0.4, -0.2) is 74.9 Å². The quantitative estimate of drug-likeness (QED) is 0.136. The van der Waals surface area contributed by atoms with Crippen LogP contribution in [0.3, 0.4) is 0 Å². The van der Waals surface area contributed by atoms with Crippen LogP contribution in [0.25, 0.3) is 10.9 Å². The van der Waals surface area contributed by atoms with E-state index in [1.165, 1.54) is 0 Å². The van der Waals surface area contributed by atoms with Crippen molar-refractivity contribution < 1.29 is 39.0 Å². The van der Waals surface area contributed by atoms with E-state index in [-0.39, 0.29) is 18.8 Å². The zero-order valence-electron chi connectivity index (χ0n) is 21.6. The molecule has 0 spiro atoms. The van der Waals surface area contributed by atoms with Gasteiger partial charge in [0.2, 0.25) is 23.6 Å². The van der Waals surface area contributed by atoms with Gasteiger partial charge >= 0.3 is 11.9 Å². The lowest BCUT2D eigenvalue weighted by Gasteiger charge is -2.24. The minimum atomic E-state index is -1.67. The van der Waals surface area contributed by atoms with Gasteiger partial charge in [0.1, 0.15) is 18.1 Å². The Bertz CT molecular complexity index is 1230. The number of nitrogens with one attached hydrogen (secondary N) is 4. The van der Waals surface area contributed by atoms with Crippen LogP contribution in [0, 0.1) is 5.92 Å². The van der Waals surface area contributed by atoms with Gasteiger partial charge in [0.05, 0.1) is 18.9 Å². The zero-order chi connectivity index (χ0) is 29.3. The molecule has 4 amide bonds. The summed E-state index contributed by atoms with van der Waals surface area (Å²) in [6.45, 7) is 3.68. The highest BCUT2D eigenvalue weighted by Gasteiger charge is 2.32. The predicted octanol–water partition coefficient (Wildman–Crippen LogP) is -1.03. The first-order chi connectivity index (χ1) is 18.3. The van der Waals surface area contributed by atoms with Crippen LogP contribution in [0.15, 0.2) is 30.5 Å². The van der Waals surface area contributed by atoms with Crippen LogP contribution < -0.4 is 27.4 Å². The maximum atomic E-state index is 13.2. The third-order valence-electron chi connectivity index (χ3n) is 5.83. The van der Waals surface area contributed by atoms with E-state index in [4.69, 9.17) is 11.5 Å². The van der Waals surface area contributed by atoms with E-state index in [9.17, 15) is 39.0 Å². The van der Waals surface area contributed by atoms with Crippen molar-refractivity contribution in [1.29, 1.82) is 0 Å². The number of primary amides is 1. The summed E-state index contributed by atoms with van der Waals surface area (Å²) in [7, 11) is 0. The van der Waals surface area contributed by atoms with E-state index in [1.54, 1.807) is 30.5 Å². The number of hydrogen-bond donors (Lipinski definition) is 8. The second-order valence-electron chi connectivity index (χ2n) is 9.59. The van der Waals surface area contributed by atoms with Gasteiger partial charge in [0, 0.05) is 23.5 Å². The highest BCUT2D eigenvalue weighted by atomic mass is 16.4. The van der Waals surface area contributed by atoms with E-state index < -0.39 is 72.6 Å². The Hall–Kier alpha value is -4.46. The molecule has 0 aliphatic heterocycles. The second-order valence-corrected chi connectivity index (χ2v) is 9.59. The Kier molecular flexibility index (Phi) is 11.0. The van der Waals surface area contributed by atoms with Crippen molar-refractivity contribution in [3.63, 3.8) is 0 Å². The normalized spacial score (nSPS) is 14.2. The van der Waals surface area contributed by atoms with Gasteiger partial charge < -0.3 is 42.6 Å². The summed E-state index contributed by atoms with van der Waals surface area (Å²) in [5, 5.41) is 26.4. The molecule has 0 aliphatic carbocycles. The maximum Gasteiger partial charge on any atom is 0.326 e. The summed E-state index contributed by atoms with van der Waals surface area (Å²) in [6.07, 6.45) is 0.268. The Morgan fingerprint density at radius 3 is 2.05 bits per heavy atom. The SMILES string of the molecule is CC(C)CC(N)C(=O)NC(CC(=O)O)C(=O)NC(Cc1c[nH]c2ccccc12)C(=O)NC(CC(N)=O)C(=O)O. The third kappa shape index (κ3) is 9.41. The molecule has 2 aromatic rings. The number of fused-ring (bicyclic) bond motifs is 1. The molecule has 1 aromatic carbocycles. The van der Waals surface area contributed by atoms with Crippen molar-refractivity contribution in [2.75, 3.05) is 0 Å². The van der Waals surface area contributed by atoms with Crippen molar-refractivity contribution in [3.05, 3.63) is 36.0 Å². The number of carboxylic acids is 2. The van der Waals surface area contributed by atoms with E-state index >= 15 is 0 Å². The summed E-state index contributed by atoms with van der Waals surface area (Å²) in [5.74, 6) is -6.52. The molecule has 1 aromatic heterocycles. The number of carboxylic acid groups (broad SMARTS) is 2. The molecule has 0 bridgehead atoms. The number of rotatable bonds is 15. The van der Waals surface area contributed by atoms with Gasteiger partial charge in [-0.2, -0.15) is 0 Å². The zero-order valence-corrected chi connectivity index (χ0v) is 21.6. The number of aromatic amines is 1. The minimum absolute atomic E-state index is 0.0596. The molecule has 0 fully saturated rings. The topological polar surface area (TPSA) is 247 Å². The molecule has 0 aliphatic rings.